The average molecular weight is 331 g/mol. The lowest BCUT2D eigenvalue weighted by Crippen LogP contribution is -2.58. The van der Waals surface area contributed by atoms with Crippen LogP contribution in [0, 0.1) is 0 Å². The van der Waals surface area contributed by atoms with Gasteiger partial charge in [-0.15, -0.1) is 0 Å². The van der Waals surface area contributed by atoms with Crippen molar-refractivity contribution in [2.75, 3.05) is 39.4 Å². The Balaban J connectivity index is 1.62. The summed E-state index contributed by atoms with van der Waals surface area (Å²) in [5.41, 5.74) is 6.20. The van der Waals surface area contributed by atoms with Crippen molar-refractivity contribution in [1.82, 2.24) is 9.80 Å². The molecule has 2 fully saturated rings. The molecule has 1 aromatic carbocycles. The first-order valence-electron chi connectivity index (χ1n) is 8.60. The summed E-state index contributed by atoms with van der Waals surface area (Å²) in [6, 6.07) is 9.28. The zero-order valence-electron chi connectivity index (χ0n) is 13.9. The van der Waals surface area contributed by atoms with Crippen molar-refractivity contribution in [3.05, 3.63) is 35.9 Å². The molecule has 0 bridgehead atoms. The number of carbonyl (C=O) groups is 2. The van der Waals surface area contributed by atoms with Gasteiger partial charge in [0.1, 0.15) is 0 Å². The molecule has 2 saturated heterocycles. The summed E-state index contributed by atoms with van der Waals surface area (Å²) in [6.45, 7) is 3.47. The Bertz CT molecular complexity index is 584. The molecular weight excluding hydrogens is 306 g/mol. The van der Waals surface area contributed by atoms with Gasteiger partial charge in [-0.3, -0.25) is 9.59 Å². The molecule has 0 aliphatic carbocycles. The molecule has 0 aromatic heterocycles. The maximum absolute atomic E-state index is 12.8. The Hall–Kier alpha value is -1.92. The smallest absolute Gasteiger partial charge is 0.253 e. The van der Waals surface area contributed by atoms with Gasteiger partial charge in [0.15, 0.2) is 0 Å². The highest BCUT2D eigenvalue weighted by molar-refractivity contribution is 5.94. The van der Waals surface area contributed by atoms with Crippen LogP contribution in [0.25, 0.3) is 0 Å². The van der Waals surface area contributed by atoms with E-state index in [1.807, 2.05) is 40.1 Å². The van der Waals surface area contributed by atoms with Crippen LogP contribution in [0.15, 0.2) is 30.3 Å². The summed E-state index contributed by atoms with van der Waals surface area (Å²) >= 11 is 0. The highest BCUT2D eigenvalue weighted by Crippen LogP contribution is 2.21. The van der Waals surface area contributed by atoms with Crippen molar-refractivity contribution in [3.63, 3.8) is 0 Å². The summed E-state index contributed by atoms with van der Waals surface area (Å²) < 4.78 is 5.32. The molecular formula is C18H25N3O3. The predicted octanol–water partition coefficient (Wildman–Crippen LogP) is 0.869. The molecule has 0 radical (unpaired) electrons. The summed E-state index contributed by atoms with van der Waals surface area (Å²) in [5.74, 6) is 0.0261. The van der Waals surface area contributed by atoms with E-state index < -0.39 is 5.54 Å². The largest absolute Gasteiger partial charge is 0.381 e. The maximum Gasteiger partial charge on any atom is 0.253 e. The van der Waals surface area contributed by atoms with Crippen LogP contribution >= 0.6 is 0 Å². The molecule has 130 valence electrons. The van der Waals surface area contributed by atoms with Crippen LogP contribution in [-0.2, 0) is 9.53 Å². The number of rotatable bonds is 2. The molecule has 0 spiro atoms. The molecule has 2 amide bonds. The third-order valence-corrected chi connectivity index (χ3v) is 4.90. The van der Waals surface area contributed by atoms with Crippen LogP contribution < -0.4 is 5.73 Å². The first-order valence-corrected chi connectivity index (χ1v) is 8.60. The second-order valence-corrected chi connectivity index (χ2v) is 6.57. The van der Waals surface area contributed by atoms with Crippen molar-refractivity contribution >= 4 is 11.8 Å². The van der Waals surface area contributed by atoms with E-state index in [1.54, 1.807) is 0 Å². The Morgan fingerprint density at radius 2 is 1.58 bits per heavy atom. The predicted molar refractivity (Wildman–Crippen MR) is 90.5 cm³/mol. The number of ether oxygens (including phenoxy) is 1. The molecule has 6 heteroatoms. The van der Waals surface area contributed by atoms with E-state index in [2.05, 4.69) is 0 Å². The van der Waals surface area contributed by atoms with Crippen molar-refractivity contribution in [3.8, 4) is 0 Å². The van der Waals surface area contributed by atoms with Gasteiger partial charge in [-0.2, -0.15) is 0 Å². The molecule has 2 aliphatic heterocycles. The molecule has 0 atom stereocenters. The first-order chi connectivity index (χ1) is 11.6. The zero-order chi connectivity index (χ0) is 17.0. The first kappa shape index (κ1) is 16.9. The van der Waals surface area contributed by atoms with Gasteiger partial charge in [-0.25, -0.2) is 0 Å². The highest BCUT2D eigenvalue weighted by atomic mass is 16.5. The minimum Gasteiger partial charge on any atom is -0.381 e. The van der Waals surface area contributed by atoms with E-state index in [0.29, 0.717) is 57.8 Å². The van der Waals surface area contributed by atoms with Crippen LogP contribution in [0.3, 0.4) is 0 Å². The van der Waals surface area contributed by atoms with E-state index in [-0.39, 0.29) is 11.8 Å². The summed E-state index contributed by atoms with van der Waals surface area (Å²) in [6.07, 6.45) is 1.90. The quantitative estimate of drug-likeness (QED) is 0.872. The molecule has 24 heavy (non-hydrogen) atoms. The third-order valence-electron chi connectivity index (χ3n) is 4.90. The van der Waals surface area contributed by atoms with Crippen LogP contribution in [0.5, 0.6) is 0 Å². The monoisotopic (exact) mass is 331 g/mol. The Labute approximate surface area is 142 Å². The Kier molecular flexibility index (Phi) is 5.16. The van der Waals surface area contributed by atoms with Crippen LogP contribution in [0.2, 0.25) is 0 Å². The van der Waals surface area contributed by atoms with E-state index in [4.69, 9.17) is 10.5 Å². The maximum atomic E-state index is 12.8. The topological polar surface area (TPSA) is 75.9 Å². The average Bonchev–Trinajstić information content (AvgIpc) is 2.88. The zero-order valence-corrected chi connectivity index (χ0v) is 13.9. The van der Waals surface area contributed by atoms with Gasteiger partial charge < -0.3 is 20.3 Å². The van der Waals surface area contributed by atoms with E-state index >= 15 is 0 Å². The molecule has 0 saturated carbocycles. The number of benzene rings is 1. The van der Waals surface area contributed by atoms with Gasteiger partial charge in [-0.1, -0.05) is 18.2 Å². The fraction of sp³-hybridized carbons (Fsp3) is 0.556. The number of hydrogen-bond donors (Lipinski definition) is 1. The number of amides is 2. The molecule has 2 aliphatic rings. The van der Waals surface area contributed by atoms with Gasteiger partial charge in [0.05, 0.1) is 5.54 Å². The van der Waals surface area contributed by atoms with Gasteiger partial charge in [0, 0.05) is 45.0 Å². The second-order valence-electron chi connectivity index (χ2n) is 6.57. The molecule has 1 aromatic rings. The van der Waals surface area contributed by atoms with E-state index in [9.17, 15) is 9.59 Å². The second kappa shape index (κ2) is 7.32. The Morgan fingerprint density at radius 3 is 2.29 bits per heavy atom. The molecule has 2 N–H and O–H groups in total. The fourth-order valence-electron chi connectivity index (χ4n) is 3.35. The summed E-state index contributed by atoms with van der Waals surface area (Å²) in [7, 11) is 0. The molecule has 2 heterocycles. The van der Waals surface area contributed by atoms with Crippen LogP contribution in [0.4, 0.5) is 0 Å². The van der Waals surface area contributed by atoms with Gasteiger partial charge in [0.25, 0.3) is 5.91 Å². The van der Waals surface area contributed by atoms with Gasteiger partial charge >= 0.3 is 0 Å². The fourth-order valence-corrected chi connectivity index (χ4v) is 3.35. The summed E-state index contributed by atoms with van der Waals surface area (Å²) in [4.78, 5) is 29.0. The van der Waals surface area contributed by atoms with E-state index in [1.165, 1.54) is 0 Å². The Morgan fingerprint density at radius 1 is 0.958 bits per heavy atom. The van der Waals surface area contributed by atoms with Crippen molar-refractivity contribution < 1.29 is 14.3 Å². The van der Waals surface area contributed by atoms with Crippen molar-refractivity contribution in [1.29, 1.82) is 0 Å². The molecule has 6 nitrogen and oxygen atoms in total. The lowest BCUT2D eigenvalue weighted by Gasteiger charge is -2.36. The molecule has 3 rings (SSSR count). The minimum atomic E-state index is -0.809. The third kappa shape index (κ3) is 3.60. The highest BCUT2D eigenvalue weighted by Gasteiger charge is 2.39. The number of nitrogens with two attached hydrogens (primary N) is 1. The standard InChI is InChI=1S/C18H25N3O3/c19-18(7-13-24-14-8-18)17(23)21-10-4-9-20(11-12-21)16(22)15-5-2-1-3-6-15/h1-3,5-6H,4,7-14,19H2. The van der Waals surface area contributed by atoms with Crippen LogP contribution in [-0.4, -0.2) is 66.5 Å². The van der Waals surface area contributed by atoms with Crippen molar-refractivity contribution in [2.24, 2.45) is 5.73 Å². The number of nitrogens with zero attached hydrogens (tertiary/aromatic N) is 2. The minimum absolute atomic E-state index is 0.000176. The molecule has 0 unspecified atom stereocenters. The number of carbonyl (C=O) groups excluding carboxylic acids is 2. The number of hydrogen-bond acceptors (Lipinski definition) is 4. The normalized spacial score (nSPS) is 21.2. The van der Waals surface area contributed by atoms with Crippen molar-refractivity contribution in [2.45, 2.75) is 24.8 Å². The lowest BCUT2D eigenvalue weighted by molar-refractivity contribution is -0.140. The van der Waals surface area contributed by atoms with Gasteiger partial charge in [-0.05, 0) is 31.4 Å². The SMILES string of the molecule is NC1(C(=O)N2CCCN(C(=O)c3ccccc3)CC2)CCOCC1. The lowest BCUT2D eigenvalue weighted by atomic mass is 9.89. The van der Waals surface area contributed by atoms with Crippen LogP contribution in [0.1, 0.15) is 29.6 Å². The summed E-state index contributed by atoms with van der Waals surface area (Å²) in [5, 5.41) is 0. The van der Waals surface area contributed by atoms with E-state index in [0.717, 1.165) is 6.42 Å². The van der Waals surface area contributed by atoms with Gasteiger partial charge in [0.2, 0.25) is 5.91 Å².